The number of fused-ring (bicyclic) bond motifs is 1. The van der Waals surface area contributed by atoms with Gasteiger partial charge in [-0.25, -0.2) is 4.39 Å². The molecule has 1 fully saturated rings. The fourth-order valence-electron chi connectivity index (χ4n) is 4.89. The van der Waals surface area contributed by atoms with Crippen molar-refractivity contribution in [3.05, 3.63) is 95.3 Å². The van der Waals surface area contributed by atoms with E-state index in [9.17, 15) is 9.18 Å². The van der Waals surface area contributed by atoms with Crippen molar-refractivity contribution in [1.82, 2.24) is 4.90 Å². The molecule has 0 bridgehead atoms. The van der Waals surface area contributed by atoms with E-state index >= 15 is 0 Å². The third-order valence-corrected chi connectivity index (χ3v) is 6.55. The van der Waals surface area contributed by atoms with Crippen LogP contribution in [0.15, 0.2) is 77.8 Å². The highest BCUT2D eigenvalue weighted by molar-refractivity contribution is 6.19. The highest BCUT2D eigenvalue weighted by atomic mass is 19.1. The molecule has 1 N–H and O–H groups in total. The molecule has 2 aliphatic heterocycles. The highest BCUT2D eigenvalue weighted by Crippen LogP contribution is 2.30. The zero-order chi connectivity index (χ0) is 23.5. The Kier molecular flexibility index (Phi) is 6.41. The predicted octanol–water partition coefficient (Wildman–Crippen LogP) is 5.06. The van der Waals surface area contributed by atoms with Gasteiger partial charge in [0.2, 0.25) is 0 Å². The Morgan fingerprint density at radius 1 is 0.971 bits per heavy atom. The molecule has 3 aromatic carbocycles. The molecule has 5 rings (SSSR count). The highest BCUT2D eigenvalue weighted by Gasteiger charge is 2.30. The molecule has 0 aliphatic carbocycles. The maximum absolute atomic E-state index is 15.0. The molecule has 2 aliphatic rings. The van der Waals surface area contributed by atoms with Crippen molar-refractivity contribution in [2.45, 2.75) is 32.0 Å². The van der Waals surface area contributed by atoms with Gasteiger partial charge in [-0.3, -0.25) is 14.7 Å². The number of halogens is 1. The van der Waals surface area contributed by atoms with Gasteiger partial charge in [0, 0.05) is 30.8 Å². The molecule has 1 unspecified atom stereocenters. The van der Waals surface area contributed by atoms with Crippen molar-refractivity contribution in [3.8, 4) is 0 Å². The lowest BCUT2D eigenvalue weighted by molar-refractivity contribution is -0.120. The number of rotatable bonds is 5. The number of nitrogens with one attached hydrogen (secondary N) is 1. The number of carbonyl (C=O) groups is 1. The van der Waals surface area contributed by atoms with Gasteiger partial charge in [0.1, 0.15) is 5.82 Å². The van der Waals surface area contributed by atoms with E-state index in [2.05, 4.69) is 10.2 Å². The molecule has 0 aromatic heterocycles. The van der Waals surface area contributed by atoms with Crippen molar-refractivity contribution >= 4 is 23.0 Å². The maximum atomic E-state index is 15.0. The van der Waals surface area contributed by atoms with Crippen molar-refractivity contribution in [2.75, 3.05) is 30.4 Å². The SMILES string of the molecule is CN(Cc1cccc(F)c1N1CCCCC1)C1N=C(c2ccccc2)c2ccccc2NC1=O. The van der Waals surface area contributed by atoms with Crippen LogP contribution in [0.3, 0.4) is 0 Å². The molecule has 6 heteroatoms. The van der Waals surface area contributed by atoms with E-state index in [1.165, 1.54) is 12.5 Å². The summed E-state index contributed by atoms with van der Waals surface area (Å²) in [4.78, 5) is 22.3. The standard InChI is InChI=1S/C28H29FN4O/c1-32(19-21-13-10-15-23(29)26(21)33-17-8-3-9-18-33)27-28(34)30-24-16-7-6-14-22(24)25(31-27)20-11-4-2-5-12-20/h2,4-7,10-16,27H,3,8-9,17-19H2,1H3,(H,30,34). The van der Waals surface area contributed by atoms with Crippen LogP contribution in [-0.4, -0.2) is 42.8 Å². The summed E-state index contributed by atoms with van der Waals surface area (Å²) in [6, 6.07) is 22.9. The number of likely N-dealkylation sites (N-methyl/N-ethyl adjacent to an activating group) is 1. The third-order valence-electron chi connectivity index (χ3n) is 6.55. The number of amides is 1. The number of carbonyl (C=O) groups excluding carboxylic acids is 1. The van der Waals surface area contributed by atoms with Gasteiger partial charge < -0.3 is 10.2 Å². The van der Waals surface area contributed by atoms with Crippen molar-refractivity contribution < 1.29 is 9.18 Å². The minimum Gasteiger partial charge on any atom is -0.369 e. The van der Waals surface area contributed by atoms with Crippen LogP contribution >= 0.6 is 0 Å². The lowest BCUT2D eigenvalue weighted by Crippen LogP contribution is -2.40. The molecule has 0 radical (unpaired) electrons. The maximum Gasteiger partial charge on any atom is 0.264 e. The first-order valence-corrected chi connectivity index (χ1v) is 11.9. The molecule has 5 nitrogen and oxygen atoms in total. The van der Waals surface area contributed by atoms with Gasteiger partial charge in [-0.1, -0.05) is 60.7 Å². The summed E-state index contributed by atoms with van der Waals surface area (Å²) in [5.74, 6) is -0.407. The minimum atomic E-state index is -0.750. The monoisotopic (exact) mass is 456 g/mol. The second-order valence-electron chi connectivity index (χ2n) is 8.96. The van der Waals surface area contributed by atoms with Gasteiger partial charge in [0.25, 0.3) is 5.91 Å². The third kappa shape index (κ3) is 4.46. The summed E-state index contributed by atoms with van der Waals surface area (Å²) in [5, 5.41) is 3.05. The fourth-order valence-corrected chi connectivity index (χ4v) is 4.89. The van der Waals surface area contributed by atoms with E-state index in [0.29, 0.717) is 12.2 Å². The topological polar surface area (TPSA) is 47.9 Å². The Morgan fingerprint density at radius 2 is 1.71 bits per heavy atom. The van der Waals surface area contributed by atoms with Crippen LogP contribution in [0.25, 0.3) is 0 Å². The van der Waals surface area contributed by atoms with Crippen LogP contribution in [0.2, 0.25) is 0 Å². The number of nitrogens with zero attached hydrogens (tertiary/aromatic N) is 3. The number of hydrogen-bond donors (Lipinski definition) is 1. The van der Waals surface area contributed by atoms with E-state index in [1.54, 1.807) is 6.07 Å². The number of piperidine rings is 1. The first kappa shape index (κ1) is 22.3. The van der Waals surface area contributed by atoms with E-state index < -0.39 is 6.17 Å². The van der Waals surface area contributed by atoms with Crippen LogP contribution in [-0.2, 0) is 11.3 Å². The van der Waals surface area contributed by atoms with Crippen molar-refractivity contribution in [3.63, 3.8) is 0 Å². The van der Waals surface area contributed by atoms with Crippen LogP contribution in [0.4, 0.5) is 15.8 Å². The number of hydrogen-bond acceptors (Lipinski definition) is 4. The molecule has 0 spiro atoms. The molecule has 0 saturated carbocycles. The summed E-state index contributed by atoms with van der Waals surface area (Å²) in [6.07, 6.45) is 2.56. The molecule has 174 valence electrons. The zero-order valence-corrected chi connectivity index (χ0v) is 19.4. The van der Waals surface area contributed by atoms with Gasteiger partial charge in [0.15, 0.2) is 6.17 Å². The summed E-state index contributed by atoms with van der Waals surface area (Å²) >= 11 is 0. The molecule has 1 amide bonds. The summed E-state index contributed by atoms with van der Waals surface area (Å²) in [7, 11) is 1.87. The lowest BCUT2D eigenvalue weighted by Gasteiger charge is -2.32. The minimum absolute atomic E-state index is 0.197. The summed E-state index contributed by atoms with van der Waals surface area (Å²) in [5.41, 5.74) is 4.86. The zero-order valence-electron chi connectivity index (χ0n) is 19.4. The second-order valence-corrected chi connectivity index (χ2v) is 8.96. The Hall–Kier alpha value is -3.51. The van der Waals surface area contributed by atoms with E-state index in [4.69, 9.17) is 4.99 Å². The van der Waals surface area contributed by atoms with Gasteiger partial charge >= 0.3 is 0 Å². The average molecular weight is 457 g/mol. The largest absolute Gasteiger partial charge is 0.369 e. The molecular formula is C28H29FN4O. The molecule has 1 saturated heterocycles. The first-order chi connectivity index (χ1) is 16.6. The molecule has 3 aromatic rings. The van der Waals surface area contributed by atoms with Crippen LogP contribution in [0, 0.1) is 5.82 Å². The van der Waals surface area contributed by atoms with Crippen LogP contribution < -0.4 is 10.2 Å². The number of benzodiazepines with no additional fused rings is 1. The van der Waals surface area contributed by atoms with E-state index in [0.717, 1.165) is 54.0 Å². The van der Waals surface area contributed by atoms with Gasteiger partial charge in [0.05, 0.1) is 17.1 Å². The second kappa shape index (κ2) is 9.77. The molecular weight excluding hydrogens is 427 g/mol. The van der Waals surface area contributed by atoms with Crippen LogP contribution in [0.1, 0.15) is 36.0 Å². The Bertz CT molecular complexity index is 1200. The summed E-state index contributed by atoms with van der Waals surface area (Å²) in [6.45, 7) is 2.12. The Labute approximate surface area is 199 Å². The fraction of sp³-hybridized carbons (Fsp3) is 0.286. The van der Waals surface area contributed by atoms with Crippen molar-refractivity contribution in [1.29, 1.82) is 0 Å². The number of anilines is 2. The van der Waals surface area contributed by atoms with Gasteiger partial charge in [-0.2, -0.15) is 0 Å². The van der Waals surface area contributed by atoms with Crippen LogP contribution in [0.5, 0.6) is 0 Å². The van der Waals surface area contributed by atoms with E-state index in [-0.39, 0.29) is 11.7 Å². The normalized spacial score (nSPS) is 18.2. The first-order valence-electron chi connectivity index (χ1n) is 11.9. The molecule has 34 heavy (non-hydrogen) atoms. The Morgan fingerprint density at radius 3 is 2.50 bits per heavy atom. The predicted molar refractivity (Wildman–Crippen MR) is 135 cm³/mol. The quantitative estimate of drug-likeness (QED) is 0.584. The smallest absolute Gasteiger partial charge is 0.264 e. The number of aliphatic imine (C=N–C) groups is 1. The summed E-state index contributed by atoms with van der Waals surface area (Å²) < 4.78 is 15.0. The number of benzene rings is 3. The van der Waals surface area contributed by atoms with Crippen molar-refractivity contribution in [2.24, 2.45) is 4.99 Å². The van der Waals surface area contributed by atoms with E-state index in [1.807, 2.05) is 72.6 Å². The number of para-hydroxylation sites is 2. The Balaban J connectivity index is 1.50. The average Bonchev–Trinajstić information content (AvgIpc) is 3.01. The molecule has 1 atom stereocenters. The van der Waals surface area contributed by atoms with Gasteiger partial charge in [-0.05, 0) is 44.0 Å². The molecule has 2 heterocycles. The lowest BCUT2D eigenvalue weighted by atomic mass is 10.0. The van der Waals surface area contributed by atoms with Gasteiger partial charge in [-0.15, -0.1) is 0 Å².